The van der Waals surface area contributed by atoms with Crippen LogP contribution < -0.4 is 10.2 Å². The van der Waals surface area contributed by atoms with Gasteiger partial charge in [0.05, 0.1) is 17.7 Å². The lowest BCUT2D eigenvalue weighted by molar-refractivity contribution is -0.133. The first-order valence-corrected chi connectivity index (χ1v) is 13.2. The van der Waals surface area contributed by atoms with Crippen LogP contribution in [0.25, 0.3) is 0 Å². The number of hydrogen-bond acceptors (Lipinski definition) is 6. The van der Waals surface area contributed by atoms with Crippen molar-refractivity contribution in [2.24, 2.45) is 0 Å². The van der Waals surface area contributed by atoms with Crippen molar-refractivity contribution in [3.8, 4) is 0 Å². The summed E-state index contributed by atoms with van der Waals surface area (Å²) >= 11 is 3.34. The molecule has 0 bridgehead atoms. The van der Waals surface area contributed by atoms with E-state index in [4.69, 9.17) is 0 Å². The molecule has 2 aliphatic heterocycles. The topological polar surface area (TPSA) is 81.6 Å². The predicted octanol–water partition coefficient (Wildman–Crippen LogP) is 4.73. The number of nitrogens with zero attached hydrogens (tertiary/aromatic N) is 4. The third-order valence-electron chi connectivity index (χ3n) is 7.79. The van der Waals surface area contributed by atoms with Crippen molar-refractivity contribution >= 4 is 52.5 Å². The summed E-state index contributed by atoms with van der Waals surface area (Å²) in [5, 5.41) is 13.9. The van der Waals surface area contributed by atoms with E-state index >= 15 is 4.39 Å². The Labute approximate surface area is 238 Å². The maximum absolute atomic E-state index is 15.1. The zero-order valence-corrected chi connectivity index (χ0v) is 24.5. The van der Waals surface area contributed by atoms with Crippen LogP contribution in [0.5, 0.6) is 0 Å². The van der Waals surface area contributed by atoms with Gasteiger partial charge in [0, 0.05) is 53.4 Å². The van der Waals surface area contributed by atoms with E-state index < -0.39 is 12.0 Å². The number of halogens is 4. The number of aromatic nitrogens is 2. The number of hydrogen-bond donors (Lipinski definition) is 2. The molecule has 7 nitrogen and oxygen atoms in total. The standard InChI is InChI=1S/C26H33BrFN5O2.2ClH/c1-15-12-20(34)23-21(15)24(30-14-29-23)32-8-10-33(11-9-32)25(35)22(19-6-7-26(2,3)31-19)17-5-4-16(27)13-18(17)28;;/h4-5,13-15,19-20,22,31,34H,6-12H2,1-3H3;2*1H/t15-,19?,20-,22?;;/m1../s1. The van der Waals surface area contributed by atoms with Crippen molar-refractivity contribution in [3.63, 3.8) is 0 Å². The average molecular weight is 619 g/mol. The van der Waals surface area contributed by atoms with Crippen molar-refractivity contribution in [3.05, 3.63) is 51.6 Å². The van der Waals surface area contributed by atoms with Crippen LogP contribution in [0.15, 0.2) is 29.0 Å². The van der Waals surface area contributed by atoms with Gasteiger partial charge in [-0.15, -0.1) is 24.8 Å². The summed E-state index contributed by atoms with van der Waals surface area (Å²) < 4.78 is 15.7. The van der Waals surface area contributed by atoms with Crippen LogP contribution in [0.1, 0.15) is 74.8 Å². The molecule has 0 saturated carbocycles. The van der Waals surface area contributed by atoms with Crippen molar-refractivity contribution in [2.75, 3.05) is 31.1 Å². The molecule has 2 saturated heterocycles. The van der Waals surface area contributed by atoms with Crippen LogP contribution in [-0.2, 0) is 4.79 Å². The lowest BCUT2D eigenvalue weighted by atomic mass is 9.88. The summed E-state index contributed by atoms with van der Waals surface area (Å²) in [4.78, 5) is 26.8. The second-order valence-electron chi connectivity index (χ2n) is 10.8. The molecule has 2 fully saturated rings. The molecule has 1 aromatic heterocycles. The molecule has 2 aromatic rings. The Kier molecular flexibility index (Phi) is 9.49. The maximum Gasteiger partial charge on any atom is 0.231 e. The van der Waals surface area contributed by atoms with E-state index in [1.807, 2.05) is 11.0 Å². The molecular weight excluding hydrogens is 584 g/mol. The number of nitrogens with one attached hydrogen (secondary N) is 1. The number of aliphatic hydroxyl groups excluding tert-OH is 1. The van der Waals surface area contributed by atoms with Gasteiger partial charge >= 0.3 is 0 Å². The predicted molar refractivity (Wildman–Crippen MR) is 150 cm³/mol. The van der Waals surface area contributed by atoms with E-state index in [1.54, 1.807) is 6.07 Å². The number of amides is 1. The number of rotatable bonds is 4. The van der Waals surface area contributed by atoms with Crippen molar-refractivity contribution in [1.82, 2.24) is 20.2 Å². The Balaban J connectivity index is 0.00000190. The van der Waals surface area contributed by atoms with E-state index in [9.17, 15) is 9.90 Å². The molecule has 2 unspecified atom stereocenters. The highest BCUT2D eigenvalue weighted by molar-refractivity contribution is 9.10. The first-order valence-electron chi connectivity index (χ1n) is 12.4. The Bertz CT molecular complexity index is 1130. The van der Waals surface area contributed by atoms with Gasteiger partial charge in [-0.1, -0.05) is 28.9 Å². The van der Waals surface area contributed by atoms with Crippen molar-refractivity contribution in [2.45, 2.75) is 69.6 Å². The minimum atomic E-state index is -0.574. The van der Waals surface area contributed by atoms with Gasteiger partial charge in [0.2, 0.25) is 5.91 Å². The van der Waals surface area contributed by atoms with Crippen molar-refractivity contribution in [1.29, 1.82) is 0 Å². The molecule has 3 heterocycles. The third kappa shape index (κ3) is 5.91. The molecule has 1 aliphatic carbocycles. The number of carbonyl (C=O) groups is 1. The molecule has 11 heteroatoms. The smallest absolute Gasteiger partial charge is 0.231 e. The fraction of sp³-hybridized carbons (Fsp3) is 0.577. The zero-order chi connectivity index (χ0) is 24.9. The highest BCUT2D eigenvalue weighted by atomic mass is 79.9. The Morgan fingerprint density at radius 1 is 1.22 bits per heavy atom. The average Bonchev–Trinajstić information content (AvgIpc) is 3.33. The number of aliphatic hydroxyl groups is 1. The number of piperazine rings is 1. The highest BCUT2D eigenvalue weighted by Crippen LogP contribution is 2.43. The van der Waals surface area contributed by atoms with E-state index in [0.717, 1.165) is 29.9 Å². The normalized spacial score (nSPS) is 25.2. The fourth-order valence-electron chi connectivity index (χ4n) is 5.98. The third-order valence-corrected chi connectivity index (χ3v) is 8.29. The molecule has 1 amide bonds. The second-order valence-corrected chi connectivity index (χ2v) is 11.7. The van der Waals surface area contributed by atoms with Gasteiger partial charge in [-0.2, -0.15) is 0 Å². The van der Waals surface area contributed by atoms with E-state index in [-0.39, 0.29) is 54.0 Å². The summed E-state index contributed by atoms with van der Waals surface area (Å²) in [5.74, 6) is 0.0953. The Morgan fingerprint density at radius 2 is 1.92 bits per heavy atom. The van der Waals surface area contributed by atoms with E-state index in [2.05, 4.69) is 56.9 Å². The Hall–Kier alpha value is -1.52. The lowest BCUT2D eigenvalue weighted by Gasteiger charge is -2.39. The zero-order valence-electron chi connectivity index (χ0n) is 21.3. The molecule has 204 valence electrons. The SMILES string of the molecule is C[C@@H]1C[C@@H](O)c2ncnc(N3CCN(C(=O)C(c4ccc(Br)cc4F)C4CCC(C)(C)N4)CC3)c21.Cl.Cl. The van der Waals surface area contributed by atoms with Gasteiger partial charge in [0.15, 0.2) is 0 Å². The van der Waals surface area contributed by atoms with Crippen LogP contribution in [0, 0.1) is 5.82 Å². The van der Waals surface area contributed by atoms with Gasteiger partial charge < -0.3 is 20.2 Å². The van der Waals surface area contributed by atoms with Crippen LogP contribution in [0.2, 0.25) is 0 Å². The summed E-state index contributed by atoms with van der Waals surface area (Å²) in [5.41, 5.74) is 2.11. The van der Waals surface area contributed by atoms with Crippen LogP contribution in [-0.4, -0.2) is 63.6 Å². The second kappa shape index (κ2) is 11.7. The molecule has 5 rings (SSSR count). The van der Waals surface area contributed by atoms with Gasteiger partial charge in [-0.3, -0.25) is 4.79 Å². The first kappa shape index (κ1) is 30.0. The molecule has 1 aromatic carbocycles. The number of benzene rings is 1. The van der Waals surface area contributed by atoms with E-state index in [1.165, 1.54) is 12.4 Å². The first-order chi connectivity index (χ1) is 16.6. The van der Waals surface area contributed by atoms with Crippen LogP contribution in [0.3, 0.4) is 0 Å². The number of carbonyl (C=O) groups excluding carboxylic acids is 1. The molecule has 3 aliphatic rings. The van der Waals surface area contributed by atoms with E-state index in [0.29, 0.717) is 42.6 Å². The summed E-state index contributed by atoms with van der Waals surface area (Å²) in [6.45, 7) is 8.70. The molecule has 37 heavy (non-hydrogen) atoms. The van der Waals surface area contributed by atoms with Gasteiger partial charge in [-0.25, -0.2) is 14.4 Å². The van der Waals surface area contributed by atoms with Crippen molar-refractivity contribution < 1.29 is 14.3 Å². The summed E-state index contributed by atoms with van der Waals surface area (Å²) in [6, 6.07) is 4.88. The molecule has 0 spiro atoms. The van der Waals surface area contributed by atoms with Crippen LogP contribution >= 0.6 is 40.7 Å². The lowest BCUT2D eigenvalue weighted by Crippen LogP contribution is -2.53. The molecule has 2 N–H and O–H groups in total. The summed E-state index contributed by atoms with van der Waals surface area (Å²) in [6.07, 6.45) is 3.40. The minimum Gasteiger partial charge on any atom is -0.387 e. The maximum atomic E-state index is 15.1. The molecule has 4 atom stereocenters. The van der Waals surface area contributed by atoms with Crippen LogP contribution in [0.4, 0.5) is 10.2 Å². The van der Waals surface area contributed by atoms with Gasteiger partial charge in [0.25, 0.3) is 0 Å². The summed E-state index contributed by atoms with van der Waals surface area (Å²) in [7, 11) is 0. The monoisotopic (exact) mass is 617 g/mol. The number of fused-ring (bicyclic) bond motifs is 1. The molecule has 0 radical (unpaired) electrons. The fourth-order valence-corrected chi connectivity index (χ4v) is 6.31. The quantitative estimate of drug-likeness (QED) is 0.516. The van der Waals surface area contributed by atoms with Gasteiger partial charge in [-0.05, 0) is 51.2 Å². The molecular formula is C26H35BrCl2FN5O2. The Morgan fingerprint density at radius 3 is 2.54 bits per heavy atom. The van der Waals surface area contributed by atoms with Gasteiger partial charge in [0.1, 0.15) is 18.0 Å². The minimum absolute atomic E-state index is 0. The highest BCUT2D eigenvalue weighted by Gasteiger charge is 2.42. The number of anilines is 1. The largest absolute Gasteiger partial charge is 0.387 e.